The average molecular weight is 455 g/mol. The number of carbonyl (C=O) groups is 2. The molecule has 2 N–H and O–H groups in total. The van der Waals surface area contributed by atoms with Gasteiger partial charge in [-0.3, -0.25) is 9.59 Å². The first kappa shape index (κ1) is 21.9. The van der Waals surface area contributed by atoms with Crippen molar-refractivity contribution in [2.45, 2.75) is 26.0 Å². The fourth-order valence-electron chi connectivity index (χ4n) is 3.66. The van der Waals surface area contributed by atoms with Gasteiger partial charge in [0.2, 0.25) is 5.91 Å². The Morgan fingerprint density at radius 1 is 1.19 bits per heavy atom. The number of hydrogen-bond acceptors (Lipinski definition) is 5. The summed E-state index contributed by atoms with van der Waals surface area (Å²) in [6, 6.07) is 13.6. The molecule has 0 bridgehead atoms. The highest BCUT2D eigenvalue weighted by molar-refractivity contribution is 6.30. The number of ether oxygens (including phenoxy) is 2. The number of anilines is 2. The number of halogens is 1. The normalized spacial score (nSPS) is 14.7. The Morgan fingerprint density at radius 3 is 2.56 bits per heavy atom. The smallest absolute Gasteiger partial charge is 0.251 e. The van der Waals surface area contributed by atoms with Crippen molar-refractivity contribution >= 4 is 34.9 Å². The summed E-state index contributed by atoms with van der Waals surface area (Å²) < 4.78 is 12.3. The summed E-state index contributed by atoms with van der Waals surface area (Å²) >= 11 is 6.02. The second kappa shape index (κ2) is 9.42. The molecule has 3 aromatic rings. The van der Waals surface area contributed by atoms with Crippen molar-refractivity contribution in [1.29, 1.82) is 0 Å². The van der Waals surface area contributed by atoms with Gasteiger partial charge in [0.15, 0.2) is 0 Å². The molecule has 9 heteroatoms. The number of fused-ring (bicyclic) bond motifs is 1. The first-order chi connectivity index (χ1) is 15.5. The fraction of sp³-hybridized carbons (Fsp3) is 0.261. The molecule has 0 saturated carbocycles. The lowest BCUT2D eigenvalue weighted by Gasteiger charge is -2.11. The Labute approximate surface area is 190 Å². The third kappa shape index (κ3) is 4.46. The molecule has 32 heavy (non-hydrogen) atoms. The van der Waals surface area contributed by atoms with E-state index in [1.54, 1.807) is 48.2 Å². The van der Waals surface area contributed by atoms with Crippen LogP contribution in [0.3, 0.4) is 0 Å². The van der Waals surface area contributed by atoms with Crippen molar-refractivity contribution in [1.82, 2.24) is 9.78 Å². The molecule has 8 nitrogen and oxygen atoms in total. The quantitative estimate of drug-likeness (QED) is 0.530. The van der Waals surface area contributed by atoms with Gasteiger partial charge >= 0.3 is 0 Å². The van der Waals surface area contributed by atoms with E-state index in [9.17, 15) is 9.59 Å². The molecule has 0 radical (unpaired) electrons. The van der Waals surface area contributed by atoms with Gasteiger partial charge in [0, 0.05) is 23.4 Å². The van der Waals surface area contributed by atoms with Gasteiger partial charge in [-0.15, -0.1) is 0 Å². The maximum Gasteiger partial charge on any atom is 0.251 e. The number of amides is 2. The van der Waals surface area contributed by atoms with E-state index < -0.39 is 6.04 Å². The summed E-state index contributed by atoms with van der Waals surface area (Å²) in [6.07, 6.45) is -0.0554. The summed E-state index contributed by atoms with van der Waals surface area (Å²) in [5, 5.41) is 10.9. The van der Waals surface area contributed by atoms with Crippen molar-refractivity contribution in [2.24, 2.45) is 0 Å². The standard InChI is InChI=1S/C23H23ClN4O4/c1-3-32-17-10-8-16(9-11-17)25-20(29)12-19-23(30)26-22-21(14-4-6-15(24)7-5-14)18(13-31-2)27-28(19)22/h4-11,19H,3,12-13H2,1-2H3,(H,25,29)(H,26,30). The summed E-state index contributed by atoms with van der Waals surface area (Å²) in [4.78, 5) is 25.3. The van der Waals surface area contributed by atoms with E-state index in [4.69, 9.17) is 21.1 Å². The molecular weight excluding hydrogens is 432 g/mol. The zero-order valence-corrected chi connectivity index (χ0v) is 18.5. The zero-order valence-electron chi connectivity index (χ0n) is 17.7. The second-order valence-corrected chi connectivity index (χ2v) is 7.71. The molecule has 2 aromatic carbocycles. The fourth-order valence-corrected chi connectivity index (χ4v) is 3.79. The first-order valence-corrected chi connectivity index (χ1v) is 10.6. The molecule has 1 aliphatic heterocycles. The Bertz CT molecular complexity index is 1130. The maximum atomic E-state index is 12.7. The van der Waals surface area contributed by atoms with Crippen molar-refractivity contribution in [3.05, 3.63) is 59.2 Å². The van der Waals surface area contributed by atoms with Crippen LogP contribution in [0, 0.1) is 0 Å². The number of methoxy groups -OCH3 is 1. The van der Waals surface area contributed by atoms with Crippen LogP contribution in [-0.2, 0) is 20.9 Å². The largest absolute Gasteiger partial charge is 0.494 e. The molecule has 1 unspecified atom stereocenters. The minimum Gasteiger partial charge on any atom is -0.494 e. The molecule has 2 heterocycles. The van der Waals surface area contributed by atoms with Crippen LogP contribution in [0.1, 0.15) is 25.1 Å². The van der Waals surface area contributed by atoms with E-state index in [1.807, 2.05) is 19.1 Å². The summed E-state index contributed by atoms with van der Waals surface area (Å²) in [5.41, 5.74) is 2.90. The number of carbonyl (C=O) groups excluding carboxylic acids is 2. The van der Waals surface area contributed by atoms with Crippen LogP contribution in [0.25, 0.3) is 11.1 Å². The Kier molecular flexibility index (Phi) is 6.43. The van der Waals surface area contributed by atoms with Crippen LogP contribution < -0.4 is 15.4 Å². The predicted molar refractivity (Wildman–Crippen MR) is 122 cm³/mol. The van der Waals surface area contributed by atoms with E-state index >= 15 is 0 Å². The third-order valence-electron chi connectivity index (χ3n) is 5.06. The third-order valence-corrected chi connectivity index (χ3v) is 5.32. The lowest BCUT2D eigenvalue weighted by Crippen LogP contribution is -2.24. The summed E-state index contributed by atoms with van der Waals surface area (Å²) in [5.74, 6) is 0.693. The molecule has 1 atom stereocenters. The second-order valence-electron chi connectivity index (χ2n) is 7.27. The van der Waals surface area contributed by atoms with Crippen molar-refractivity contribution in [3.8, 4) is 16.9 Å². The van der Waals surface area contributed by atoms with Crippen LogP contribution in [0.15, 0.2) is 48.5 Å². The molecule has 0 fully saturated rings. The van der Waals surface area contributed by atoms with Gasteiger partial charge in [-0.25, -0.2) is 4.68 Å². The van der Waals surface area contributed by atoms with Crippen LogP contribution in [0.2, 0.25) is 5.02 Å². The summed E-state index contributed by atoms with van der Waals surface area (Å²) in [6.45, 7) is 2.74. The number of aromatic nitrogens is 2. The molecule has 1 aliphatic rings. The van der Waals surface area contributed by atoms with Gasteiger partial charge in [-0.1, -0.05) is 23.7 Å². The monoisotopic (exact) mass is 454 g/mol. The molecule has 166 valence electrons. The van der Waals surface area contributed by atoms with E-state index in [0.29, 0.717) is 28.8 Å². The average Bonchev–Trinajstić information content (AvgIpc) is 3.26. The Balaban J connectivity index is 1.56. The van der Waals surface area contributed by atoms with Gasteiger partial charge in [-0.2, -0.15) is 5.10 Å². The lowest BCUT2D eigenvalue weighted by atomic mass is 10.1. The van der Waals surface area contributed by atoms with Gasteiger partial charge in [0.25, 0.3) is 5.91 Å². The maximum absolute atomic E-state index is 12.7. The minimum absolute atomic E-state index is 0.0554. The molecule has 0 aliphatic carbocycles. The molecule has 0 spiro atoms. The van der Waals surface area contributed by atoms with Crippen LogP contribution in [0.4, 0.5) is 11.5 Å². The number of hydrogen-bond donors (Lipinski definition) is 2. The Hall–Kier alpha value is -3.36. The van der Waals surface area contributed by atoms with Gasteiger partial charge in [0.1, 0.15) is 17.6 Å². The SMILES string of the molecule is CCOc1ccc(NC(=O)CC2C(=O)Nc3c(-c4ccc(Cl)cc4)c(COC)nn32)cc1. The highest BCUT2D eigenvalue weighted by atomic mass is 35.5. The molecular formula is C23H23ClN4O4. The number of nitrogens with zero attached hydrogens (tertiary/aromatic N) is 2. The van der Waals surface area contributed by atoms with Gasteiger partial charge in [-0.05, 0) is 48.9 Å². The number of nitrogens with one attached hydrogen (secondary N) is 2. The van der Waals surface area contributed by atoms with Crippen molar-refractivity contribution in [3.63, 3.8) is 0 Å². The predicted octanol–water partition coefficient (Wildman–Crippen LogP) is 4.27. The molecule has 1 aromatic heterocycles. The van der Waals surface area contributed by atoms with Crippen molar-refractivity contribution < 1.29 is 19.1 Å². The zero-order chi connectivity index (χ0) is 22.7. The molecule has 4 rings (SSSR count). The van der Waals surface area contributed by atoms with E-state index in [-0.39, 0.29) is 24.8 Å². The van der Waals surface area contributed by atoms with Crippen LogP contribution in [0.5, 0.6) is 5.75 Å². The first-order valence-electron chi connectivity index (χ1n) is 10.2. The highest BCUT2D eigenvalue weighted by Gasteiger charge is 2.37. The van der Waals surface area contributed by atoms with Crippen molar-refractivity contribution in [2.75, 3.05) is 24.4 Å². The highest BCUT2D eigenvalue weighted by Crippen LogP contribution is 2.39. The van der Waals surface area contributed by atoms with Gasteiger partial charge in [0.05, 0.1) is 25.3 Å². The molecule has 2 amide bonds. The topological polar surface area (TPSA) is 94.5 Å². The number of benzene rings is 2. The minimum atomic E-state index is -0.760. The van der Waals surface area contributed by atoms with Gasteiger partial charge < -0.3 is 20.1 Å². The lowest BCUT2D eigenvalue weighted by molar-refractivity contribution is -0.123. The van der Waals surface area contributed by atoms with E-state index in [2.05, 4.69) is 15.7 Å². The van der Waals surface area contributed by atoms with Crippen LogP contribution in [-0.4, -0.2) is 35.3 Å². The van der Waals surface area contributed by atoms with E-state index in [1.165, 1.54) is 0 Å². The Morgan fingerprint density at radius 2 is 1.91 bits per heavy atom. The van der Waals surface area contributed by atoms with E-state index in [0.717, 1.165) is 16.9 Å². The number of rotatable bonds is 8. The van der Waals surface area contributed by atoms with Crippen LogP contribution >= 0.6 is 11.6 Å². The summed E-state index contributed by atoms with van der Waals surface area (Å²) in [7, 11) is 1.58. The molecule has 0 saturated heterocycles.